The number of aromatic amines is 1. The Hall–Kier alpha value is -1.49. The standard InChI is InChI=1S/C12H17ClN2O3/c1-4-18-11(16)7-15(8(2)3)12(17)10-5-9(13)6-14-10/h5-6,8,14H,4,7H2,1-3H3. The molecule has 1 amide bonds. The first-order chi connectivity index (χ1) is 8.45. The zero-order valence-corrected chi connectivity index (χ0v) is 11.5. The van der Waals surface area contributed by atoms with Gasteiger partial charge in [-0.05, 0) is 26.8 Å². The first-order valence-corrected chi connectivity index (χ1v) is 6.14. The Kier molecular flexibility index (Phi) is 5.22. The number of hydrogen-bond donors (Lipinski definition) is 1. The normalized spacial score (nSPS) is 10.5. The van der Waals surface area contributed by atoms with Crippen LogP contribution in [0.15, 0.2) is 12.3 Å². The molecule has 0 aromatic carbocycles. The van der Waals surface area contributed by atoms with Crippen LogP contribution >= 0.6 is 11.6 Å². The van der Waals surface area contributed by atoms with Crippen molar-refractivity contribution in [3.8, 4) is 0 Å². The summed E-state index contributed by atoms with van der Waals surface area (Å²) >= 11 is 5.75. The fourth-order valence-corrected chi connectivity index (χ4v) is 1.64. The molecule has 0 fully saturated rings. The third kappa shape index (κ3) is 3.77. The minimum absolute atomic E-state index is 0.0685. The van der Waals surface area contributed by atoms with E-state index in [2.05, 4.69) is 4.98 Å². The molecule has 6 heteroatoms. The van der Waals surface area contributed by atoms with Gasteiger partial charge in [0.05, 0.1) is 11.6 Å². The second kappa shape index (κ2) is 6.44. The number of hydrogen-bond acceptors (Lipinski definition) is 3. The topological polar surface area (TPSA) is 62.4 Å². The Morgan fingerprint density at radius 2 is 2.17 bits per heavy atom. The Morgan fingerprint density at radius 1 is 1.50 bits per heavy atom. The summed E-state index contributed by atoms with van der Waals surface area (Å²) in [5.41, 5.74) is 0.359. The fraction of sp³-hybridized carbons (Fsp3) is 0.500. The van der Waals surface area contributed by atoms with Crippen LogP contribution < -0.4 is 0 Å². The maximum Gasteiger partial charge on any atom is 0.325 e. The van der Waals surface area contributed by atoms with Crippen LogP contribution in [0, 0.1) is 0 Å². The lowest BCUT2D eigenvalue weighted by atomic mass is 10.2. The fourth-order valence-electron chi connectivity index (χ4n) is 1.48. The lowest BCUT2D eigenvalue weighted by Crippen LogP contribution is -2.41. The van der Waals surface area contributed by atoms with Crippen molar-refractivity contribution in [3.63, 3.8) is 0 Å². The van der Waals surface area contributed by atoms with Gasteiger partial charge >= 0.3 is 5.97 Å². The summed E-state index contributed by atoms with van der Waals surface area (Å²) in [7, 11) is 0. The third-order valence-corrected chi connectivity index (χ3v) is 2.59. The minimum Gasteiger partial charge on any atom is -0.465 e. The van der Waals surface area contributed by atoms with Gasteiger partial charge in [-0.3, -0.25) is 9.59 Å². The van der Waals surface area contributed by atoms with Gasteiger partial charge in [-0.15, -0.1) is 0 Å². The third-order valence-electron chi connectivity index (χ3n) is 2.37. The minimum atomic E-state index is -0.419. The van der Waals surface area contributed by atoms with E-state index in [4.69, 9.17) is 16.3 Å². The molecule has 1 heterocycles. The lowest BCUT2D eigenvalue weighted by Gasteiger charge is -2.25. The zero-order valence-electron chi connectivity index (χ0n) is 10.7. The molecule has 0 unspecified atom stereocenters. The maximum atomic E-state index is 12.2. The Balaban J connectivity index is 2.79. The Bertz CT molecular complexity index is 429. The van der Waals surface area contributed by atoms with Crippen molar-refractivity contribution in [1.82, 2.24) is 9.88 Å². The number of carbonyl (C=O) groups excluding carboxylic acids is 2. The van der Waals surface area contributed by atoms with Crippen LogP contribution in [0.3, 0.4) is 0 Å². The second-order valence-electron chi connectivity index (χ2n) is 4.06. The number of aromatic nitrogens is 1. The number of nitrogens with one attached hydrogen (secondary N) is 1. The van der Waals surface area contributed by atoms with Crippen LogP contribution in [0.2, 0.25) is 5.02 Å². The SMILES string of the molecule is CCOC(=O)CN(C(=O)c1cc(Cl)c[nH]1)C(C)C. The number of amides is 1. The summed E-state index contributed by atoms with van der Waals surface area (Å²) in [6, 6.07) is 1.42. The van der Waals surface area contributed by atoms with E-state index in [1.165, 1.54) is 17.2 Å². The van der Waals surface area contributed by atoms with Crippen LogP contribution in [-0.4, -0.2) is 41.0 Å². The highest BCUT2D eigenvalue weighted by Gasteiger charge is 2.23. The molecule has 0 saturated heterocycles. The number of esters is 1. The molecule has 5 nitrogen and oxygen atoms in total. The van der Waals surface area contributed by atoms with Gasteiger partial charge in [0.25, 0.3) is 5.91 Å². The quantitative estimate of drug-likeness (QED) is 0.835. The van der Waals surface area contributed by atoms with E-state index in [0.717, 1.165) is 0 Å². The van der Waals surface area contributed by atoms with Crippen LogP contribution in [-0.2, 0) is 9.53 Å². The average Bonchev–Trinajstić information content (AvgIpc) is 2.72. The monoisotopic (exact) mass is 272 g/mol. The molecule has 1 N–H and O–H groups in total. The van der Waals surface area contributed by atoms with Crippen LogP contribution in [0.25, 0.3) is 0 Å². The average molecular weight is 273 g/mol. The van der Waals surface area contributed by atoms with Gasteiger partial charge in [0.15, 0.2) is 0 Å². The van der Waals surface area contributed by atoms with Crippen LogP contribution in [0.1, 0.15) is 31.3 Å². The van der Waals surface area contributed by atoms with E-state index in [0.29, 0.717) is 17.3 Å². The summed E-state index contributed by atoms with van der Waals surface area (Å²) in [6.07, 6.45) is 1.53. The van der Waals surface area contributed by atoms with Gasteiger partial charge < -0.3 is 14.6 Å². The van der Waals surface area contributed by atoms with E-state index >= 15 is 0 Å². The molecule has 0 bridgehead atoms. The molecule has 1 rings (SSSR count). The molecule has 1 aromatic rings. The number of carbonyl (C=O) groups is 2. The largest absolute Gasteiger partial charge is 0.465 e. The molecule has 0 saturated carbocycles. The first kappa shape index (κ1) is 14.6. The molecule has 0 spiro atoms. The molecular formula is C12H17ClN2O3. The zero-order chi connectivity index (χ0) is 13.7. The molecule has 0 radical (unpaired) electrons. The summed E-state index contributed by atoms with van der Waals surface area (Å²) in [6.45, 7) is 5.63. The molecule has 0 aliphatic heterocycles. The molecule has 0 atom stereocenters. The predicted octanol–water partition coefficient (Wildman–Crippen LogP) is 2.08. The van der Waals surface area contributed by atoms with E-state index in [1.807, 2.05) is 13.8 Å². The molecule has 18 heavy (non-hydrogen) atoms. The van der Waals surface area contributed by atoms with Gasteiger partial charge in [0, 0.05) is 12.2 Å². The van der Waals surface area contributed by atoms with Crippen molar-refractivity contribution < 1.29 is 14.3 Å². The molecule has 0 aliphatic carbocycles. The van der Waals surface area contributed by atoms with Gasteiger partial charge in [-0.1, -0.05) is 11.6 Å². The predicted molar refractivity (Wildman–Crippen MR) is 68.6 cm³/mol. The summed E-state index contributed by atoms with van der Waals surface area (Å²) < 4.78 is 4.84. The number of rotatable bonds is 5. The molecular weight excluding hydrogens is 256 g/mol. The van der Waals surface area contributed by atoms with Crippen molar-refractivity contribution >= 4 is 23.5 Å². The summed E-state index contributed by atoms with van der Waals surface area (Å²) in [4.78, 5) is 27.8. The van der Waals surface area contributed by atoms with E-state index in [1.54, 1.807) is 6.92 Å². The first-order valence-electron chi connectivity index (χ1n) is 5.76. The van der Waals surface area contributed by atoms with E-state index in [9.17, 15) is 9.59 Å². The van der Waals surface area contributed by atoms with Crippen molar-refractivity contribution in [1.29, 1.82) is 0 Å². The van der Waals surface area contributed by atoms with Gasteiger partial charge in [-0.25, -0.2) is 0 Å². The molecule has 0 aliphatic rings. The maximum absolute atomic E-state index is 12.2. The highest BCUT2D eigenvalue weighted by molar-refractivity contribution is 6.30. The van der Waals surface area contributed by atoms with Gasteiger partial charge in [0.2, 0.25) is 0 Å². The number of H-pyrrole nitrogens is 1. The van der Waals surface area contributed by atoms with Crippen molar-refractivity contribution in [2.24, 2.45) is 0 Å². The Morgan fingerprint density at radius 3 is 2.61 bits per heavy atom. The second-order valence-corrected chi connectivity index (χ2v) is 4.50. The van der Waals surface area contributed by atoms with Gasteiger partial charge in [0.1, 0.15) is 12.2 Å². The highest BCUT2D eigenvalue weighted by atomic mass is 35.5. The highest BCUT2D eigenvalue weighted by Crippen LogP contribution is 2.13. The molecule has 1 aromatic heterocycles. The van der Waals surface area contributed by atoms with Crippen LogP contribution in [0.5, 0.6) is 0 Å². The van der Waals surface area contributed by atoms with Crippen molar-refractivity contribution in [2.75, 3.05) is 13.2 Å². The Labute approximate surface area is 111 Å². The van der Waals surface area contributed by atoms with E-state index < -0.39 is 5.97 Å². The number of ether oxygens (including phenoxy) is 1. The smallest absolute Gasteiger partial charge is 0.325 e. The summed E-state index contributed by atoms with van der Waals surface area (Å²) in [5.74, 6) is -0.692. The van der Waals surface area contributed by atoms with Gasteiger partial charge in [-0.2, -0.15) is 0 Å². The number of halogens is 1. The van der Waals surface area contributed by atoms with E-state index in [-0.39, 0.29) is 18.5 Å². The van der Waals surface area contributed by atoms with Crippen molar-refractivity contribution in [2.45, 2.75) is 26.8 Å². The lowest BCUT2D eigenvalue weighted by molar-refractivity contribution is -0.144. The van der Waals surface area contributed by atoms with Crippen LogP contribution in [0.4, 0.5) is 0 Å². The van der Waals surface area contributed by atoms with Crippen molar-refractivity contribution in [3.05, 3.63) is 23.0 Å². The summed E-state index contributed by atoms with van der Waals surface area (Å²) in [5, 5.41) is 0.457. The molecule has 100 valence electrons. The number of nitrogens with zero attached hydrogens (tertiary/aromatic N) is 1.